The second-order valence-electron chi connectivity index (χ2n) is 11.0. The van der Waals surface area contributed by atoms with Gasteiger partial charge in [0.1, 0.15) is 11.4 Å². The Morgan fingerprint density at radius 3 is 2.71 bits per heavy atom. The normalized spacial score (nSPS) is 16.8. The molecule has 38 heavy (non-hydrogen) atoms. The van der Waals surface area contributed by atoms with Crippen LogP contribution in [0.2, 0.25) is 0 Å². The highest BCUT2D eigenvalue weighted by Crippen LogP contribution is 2.41. The van der Waals surface area contributed by atoms with Crippen LogP contribution in [0.5, 0.6) is 5.75 Å². The van der Waals surface area contributed by atoms with Gasteiger partial charge in [0, 0.05) is 25.8 Å². The molecule has 0 aliphatic carbocycles. The summed E-state index contributed by atoms with van der Waals surface area (Å²) in [5.74, 6) is 5.87. The Balaban J connectivity index is 1.89. The quantitative estimate of drug-likeness (QED) is 0.199. The van der Waals surface area contributed by atoms with Crippen LogP contribution in [0, 0.1) is 12.3 Å². The van der Waals surface area contributed by atoms with E-state index in [1.807, 2.05) is 37.3 Å². The molecule has 9 heteroatoms. The molecule has 2 aromatic rings. The summed E-state index contributed by atoms with van der Waals surface area (Å²) >= 11 is 1.67. The van der Waals surface area contributed by atoms with Crippen LogP contribution in [0.1, 0.15) is 63.8 Å². The van der Waals surface area contributed by atoms with Gasteiger partial charge in [-0.3, -0.25) is 4.79 Å². The van der Waals surface area contributed by atoms with Crippen molar-refractivity contribution in [2.24, 2.45) is 17.0 Å². The Bertz CT molecular complexity index is 1150. The van der Waals surface area contributed by atoms with Crippen LogP contribution in [-0.4, -0.2) is 45.7 Å². The molecular weight excluding hydrogens is 500 g/mol. The molecule has 0 amide bonds. The van der Waals surface area contributed by atoms with Gasteiger partial charge in [-0.1, -0.05) is 37.3 Å². The molecule has 5 N–H and O–H groups in total. The molecule has 1 aliphatic rings. The van der Waals surface area contributed by atoms with Crippen LogP contribution in [0.3, 0.4) is 0 Å². The fourth-order valence-corrected chi connectivity index (χ4v) is 5.62. The van der Waals surface area contributed by atoms with E-state index in [0.29, 0.717) is 25.3 Å². The molecule has 1 aliphatic heterocycles. The number of hydrazine groups is 1. The smallest absolute Gasteiger partial charge is 0.312 e. The van der Waals surface area contributed by atoms with E-state index in [4.69, 9.17) is 21.1 Å². The number of benzene rings is 2. The van der Waals surface area contributed by atoms with E-state index in [0.717, 1.165) is 33.8 Å². The number of carboxylic acids is 1. The molecular formula is C29H42N4O4S. The fraction of sp³-hybridized carbons (Fsp3) is 0.483. The van der Waals surface area contributed by atoms with Crippen LogP contribution in [0.25, 0.3) is 0 Å². The summed E-state index contributed by atoms with van der Waals surface area (Å²) in [6, 6.07) is 14.1. The predicted octanol–water partition coefficient (Wildman–Crippen LogP) is 5.23. The molecule has 0 spiro atoms. The van der Waals surface area contributed by atoms with Gasteiger partial charge in [-0.25, -0.2) is 10.1 Å². The zero-order valence-electron chi connectivity index (χ0n) is 23.4. The van der Waals surface area contributed by atoms with E-state index >= 15 is 0 Å². The first-order valence-electron chi connectivity index (χ1n) is 12.9. The number of aryl methyl sites for hydroxylation is 1. The molecule has 1 unspecified atom stereocenters. The van der Waals surface area contributed by atoms with E-state index in [1.165, 1.54) is 5.01 Å². The lowest BCUT2D eigenvalue weighted by molar-refractivity contribution is -0.156. The van der Waals surface area contributed by atoms with E-state index in [1.54, 1.807) is 32.0 Å². The third-order valence-corrected chi connectivity index (χ3v) is 7.53. The van der Waals surface area contributed by atoms with Crippen LogP contribution in [-0.2, 0) is 16.1 Å². The van der Waals surface area contributed by atoms with Crippen molar-refractivity contribution < 1.29 is 19.4 Å². The maximum absolute atomic E-state index is 12.3. The summed E-state index contributed by atoms with van der Waals surface area (Å²) in [6.45, 7) is 13.7. The van der Waals surface area contributed by atoms with Crippen molar-refractivity contribution in [3.63, 3.8) is 0 Å². The second-order valence-corrected chi connectivity index (χ2v) is 12.2. The number of nitrogens with two attached hydrogens (primary N) is 2. The maximum Gasteiger partial charge on any atom is 0.312 e. The maximum atomic E-state index is 12.3. The van der Waals surface area contributed by atoms with E-state index in [-0.39, 0.29) is 12.2 Å². The second kappa shape index (κ2) is 12.4. The molecule has 0 fully saturated rings. The van der Waals surface area contributed by atoms with Gasteiger partial charge in [0.05, 0.1) is 28.7 Å². The minimum Gasteiger partial charge on any atom is -0.485 e. The summed E-state index contributed by atoms with van der Waals surface area (Å²) < 4.78 is 14.8. The third kappa shape index (κ3) is 7.66. The van der Waals surface area contributed by atoms with Crippen LogP contribution in [0.4, 0.5) is 0 Å². The molecule has 1 heterocycles. The summed E-state index contributed by atoms with van der Waals surface area (Å²) in [6.07, 6.45) is 1.79. The average Bonchev–Trinajstić information content (AvgIpc) is 2.94. The number of hydrogen-bond donors (Lipinski definition) is 3. The Morgan fingerprint density at radius 1 is 1.32 bits per heavy atom. The summed E-state index contributed by atoms with van der Waals surface area (Å²) in [4.78, 5) is 13.3. The Hall–Kier alpha value is -2.72. The molecule has 3 rings (SSSR count). The van der Waals surface area contributed by atoms with Gasteiger partial charge >= 0.3 is 5.97 Å². The molecule has 8 nitrogen and oxygen atoms in total. The Kier molecular flexibility index (Phi) is 9.75. The molecule has 1 atom stereocenters. The monoisotopic (exact) mass is 542 g/mol. The lowest BCUT2D eigenvalue weighted by Crippen LogP contribution is -2.38. The third-order valence-electron chi connectivity index (χ3n) is 6.48. The first-order valence-corrected chi connectivity index (χ1v) is 13.7. The molecule has 0 saturated heterocycles. The summed E-state index contributed by atoms with van der Waals surface area (Å²) in [5, 5.41) is 11.6. The molecule has 0 bridgehead atoms. The SMILES string of the molecule is CCCN(N)/C=C(\N)COC(c1ccc(C)c(CN2CC(C)(C)Oc3ccccc3S2)c1)C(C)(C)C(=O)O. The van der Waals surface area contributed by atoms with Gasteiger partial charge in [-0.2, -0.15) is 0 Å². The minimum absolute atomic E-state index is 0.0618. The molecule has 0 radical (unpaired) electrons. The Morgan fingerprint density at radius 2 is 2.03 bits per heavy atom. The number of nitrogens with zero attached hydrogens (tertiary/aromatic N) is 2. The van der Waals surface area contributed by atoms with Gasteiger partial charge in [0.15, 0.2) is 0 Å². The lowest BCUT2D eigenvalue weighted by Gasteiger charge is -2.32. The average molecular weight is 543 g/mol. The lowest BCUT2D eigenvalue weighted by atomic mass is 9.81. The number of hydrogen-bond acceptors (Lipinski definition) is 8. The van der Waals surface area contributed by atoms with Crippen LogP contribution < -0.4 is 16.3 Å². The van der Waals surface area contributed by atoms with Crippen molar-refractivity contribution in [3.05, 3.63) is 71.1 Å². The number of fused-ring (bicyclic) bond motifs is 1. The summed E-state index contributed by atoms with van der Waals surface area (Å²) in [7, 11) is 0. The topological polar surface area (TPSA) is 114 Å². The first-order chi connectivity index (χ1) is 17.8. The van der Waals surface area contributed by atoms with Crippen molar-refractivity contribution >= 4 is 17.9 Å². The van der Waals surface area contributed by atoms with Crippen molar-refractivity contribution in [2.45, 2.75) is 71.1 Å². The zero-order valence-corrected chi connectivity index (χ0v) is 24.2. The standard InChI is InChI=1S/C29H42N4O4S/c1-7-14-32(31)17-23(30)18-36-26(29(5,6)27(34)35)21-13-12-20(2)22(15-21)16-33-19-28(3,4)37-24-10-8-9-11-25(24)38-33/h8-13,15,17,26H,7,14,16,18-19,30-31H2,1-6H3,(H,34,35)/b23-17-. The van der Waals surface area contributed by atoms with Crippen molar-refractivity contribution in [2.75, 3.05) is 19.7 Å². The minimum atomic E-state index is -1.19. The largest absolute Gasteiger partial charge is 0.485 e. The number of carboxylic acid groups (broad SMARTS) is 1. The number of aliphatic carboxylic acids is 1. The van der Waals surface area contributed by atoms with E-state index in [9.17, 15) is 9.90 Å². The van der Waals surface area contributed by atoms with Crippen molar-refractivity contribution in [1.82, 2.24) is 9.31 Å². The molecule has 0 saturated carbocycles. The highest BCUT2D eigenvalue weighted by atomic mass is 32.2. The van der Waals surface area contributed by atoms with Gasteiger partial charge in [-0.15, -0.1) is 0 Å². The molecule has 208 valence electrons. The fourth-order valence-electron chi connectivity index (χ4n) is 4.42. The van der Waals surface area contributed by atoms with Crippen molar-refractivity contribution in [1.29, 1.82) is 0 Å². The van der Waals surface area contributed by atoms with Gasteiger partial charge in [0.2, 0.25) is 0 Å². The number of rotatable bonds is 11. The van der Waals surface area contributed by atoms with Gasteiger partial charge in [0.25, 0.3) is 0 Å². The Labute approximate surface area is 231 Å². The number of para-hydroxylation sites is 1. The zero-order chi connectivity index (χ0) is 28.1. The van der Waals surface area contributed by atoms with Crippen molar-refractivity contribution in [3.8, 4) is 5.75 Å². The van der Waals surface area contributed by atoms with Gasteiger partial charge < -0.3 is 25.3 Å². The highest BCUT2D eigenvalue weighted by molar-refractivity contribution is 7.97. The van der Waals surface area contributed by atoms with Crippen LogP contribution >= 0.6 is 11.9 Å². The molecule has 2 aromatic carbocycles. The number of carbonyl (C=O) groups is 1. The predicted molar refractivity (Wildman–Crippen MR) is 152 cm³/mol. The number of ether oxygens (including phenoxy) is 2. The van der Waals surface area contributed by atoms with E-state index < -0.39 is 17.5 Å². The summed E-state index contributed by atoms with van der Waals surface area (Å²) in [5.41, 5.74) is 8.03. The molecule has 0 aromatic heterocycles. The first kappa shape index (κ1) is 29.8. The van der Waals surface area contributed by atoms with E-state index in [2.05, 4.69) is 37.2 Å². The van der Waals surface area contributed by atoms with Gasteiger partial charge in [-0.05, 0) is 81.8 Å². The highest BCUT2D eigenvalue weighted by Gasteiger charge is 2.39. The van der Waals surface area contributed by atoms with Crippen LogP contribution in [0.15, 0.2) is 59.3 Å².